The Hall–Kier alpha value is -0.950. The van der Waals surface area contributed by atoms with E-state index in [0.29, 0.717) is 13.2 Å². The molecule has 1 saturated heterocycles. The first-order valence-electron chi connectivity index (χ1n) is 6.00. The van der Waals surface area contributed by atoms with Gasteiger partial charge in [-0.25, -0.2) is 9.97 Å². The maximum absolute atomic E-state index is 5.91. The smallest absolute Gasteiger partial charge is 0.225 e. The second-order valence-corrected chi connectivity index (χ2v) is 6.04. The van der Waals surface area contributed by atoms with Crippen molar-refractivity contribution in [1.82, 2.24) is 9.97 Å². The standard InChI is InChI=1S/C12H14ClN3O2S/c1-12(2)17-6-7(18-12)5-14-9-8-3-4-19-10(8)16-11(13)15-9/h3-4,7H,5-6H2,1-2H3,(H,14,15,16). The molecule has 0 spiro atoms. The molecule has 1 atom stereocenters. The van der Waals surface area contributed by atoms with Crippen molar-refractivity contribution in [3.05, 3.63) is 16.7 Å². The van der Waals surface area contributed by atoms with E-state index in [1.807, 2.05) is 25.3 Å². The number of fused-ring (bicyclic) bond motifs is 1. The fraction of sp³-hybridized carbons (Fsp3) is 0.500. The summed E-state index contributed by atoms with van der Waals surface area (Å²) in [6.07, 6.45) is 0.0115. The van der Waals surface area contributed by atoms with Crippen LogP contribution in [0.3, 0.4) is 0 Å². The molecular weight excluding hydrogens is 286 g/mol. The van der Waals surface area contributed by atoms with Crippen LogP contribution in [-0.2, 0) is 9.47 Å². The van der Waals surface area contributed by atoms with Gasteiger partial charge in [-0.05, 0) is 36.9 Å². The lowest BCUT2D eigenvalue weighted by atomic mass is 10.3. The third kappa shape index (κ3) is 2.81. The van der Waals surface area contributed by atoms with Gasteiger partial charge >= 0.3 is 0 Å². The van der Waals surface area contributed by atoms with Crippen LogP contribution in [0.2, 0.25) is 5.28 Å². The summed E-state index contributed by atoms with van der Waals surface area (Å²) in [6, 6.07) is 1.98. The van der Waals surface area contributed by atoms with Crippen LogP contribution >= 0.6 is 22.9 Å². The van der Waals surface area contributed by atoms with Gasteiger partial charge in [-0.15, -0.1) is 11.3 Å². The zero-order valence-corrected chi connectivity index (χ0v) is 12.2. The fourth-order valence-electron chi connectivity index (χ4n) is 2.04. The molecule has 7 heteroatoms. The van der Waals surface area contributed by atoms with Gasteiger partial charge in [0.1, 0.15) is 16.8 Å². The number of hydrogen-bond donors (Lipinski definition) is 1. The zero-order valence-electron chi connectivity index (χ0n) is 10.6. The fourth-order valence-corrected chi connectivity index (χ4v) is 3.02. The summed E-state index contributed by atoms with van der Waals surface area (Å²) in [5.41, 5.74) is 0. The number of aromatic nitrogens is 2. The highest BCUT2D eigenvalue weighted by Gasteiger charge is 2.32. The lowest BCUT2D eigenvalue weighted by Crippen LogP contribution is -2.26. The first-order valence-corrected chi connectivity index (χ1v) is 7.26. The minimum atomic E-state index is -0.507. The summed E-state index contributed by atoms with van der Waals surface area (Å²) < 4.78 is 11.3. The number of hydrogen-bond acceptors (Lipinski definition) is 6. The van der Waals surface area contributed by atoms with Crippen molar-refractivity contribution in [2.45, 2.75) is 25.7 Å². The Labute approximate surface area is 119 Å². The van der Waals surface area contributed by atoms with E-state index in [-0.39, 0.29) is 11.4 Å². The number of ether oxygens (including phenoxy) is 2. The van der Waals surface area contributed by atoms with E-state index < -0.39 is 5.79 Å². The summed E-state index contributed by atoms with van der Waals surface area (Å²) in [5.74, 6) is 0.234. The van der Waals surface area contributed by atoms with Crippen LogP contribution in [0.4, 0.5) is 5.82 Å². The van der Waals surface area contributed by atoms with Crippen LogP contribution in [0.15, 0.2) is 11.4 Å². The summed E-state index contributed by atoms with van der Waals surface area (Å²) in [6.45, 7) is 5.02. The van der Waals surface area contributed by atoms with Gasteiger partial charge in [0.2, 0.25) is 5.28 Å². The van der Waals surface area contributed by atoms with Crippen LogP contribution in [0.1, 0.15) is 13.8 Å². The van der Waals surface area contributed by atoms with Crippen LogP contribution in [0.5, 0.6) is 0 Å². The number of anilines is 1. The largest absolute Gasteiger partial charge is 0.367 e. The maximum atomic E-state index is 5.91. The summed E-state index contributed by atoms with van der Waals surface area (Å²) in [4.78, 5) is 9.28. The van der Waals surface area contributed by atoms with Crippen molar-refractivity contribution < 1.29 is 9.47 Å². The Balaban J connectivity index is 1.73. The topological polar surface area (TPSA) is 56.3 Å². The van der Waals surface area contributed by atoms with Crippen LogP contribution in [0.25, 0.3) is 10.2 Å². The van der Waals surface area contributed by atoms with E-state index >= 15 is 0 Å². The molecular formula is C12H14ClN3O2S. The second-order valence-electron chi connectivity index (χ2n) is 4.81. The lowest BCUT2D eigenvalue weighted by Gasteiger charge is -2.17. The molecule has 3 rings (SSSR count). The Bertz CT molecular complexity index is 602. The molecule has 1 N–H and O–H groups in total. The Kier molecular flexibility index (Phi) is 3.34. The van der Waals surface area contributed by atoms with Gasteiger partial charge in [0, 0.05) is 6.54 Å². The molecule has 0 aromatic carbocycles. The van der Waals surface area contributed by atoms with E-state index in [1.54, 1.807) is 11.3 Å². The molecule has 0 radical (unpaired) electrons. The SMILES string of the molecule is CC1(C)OCC(CNc2nc(Cl)nc3sccc23)O1. The van der Waals surface area contributed by atoms with Gasteiger partial charge in [0.05, 0.1) is 12.0 Å². The molecule has 0 amide bonds. The monoisotopic (exact) mass is 299 g/mol. The van der Waals surface area contributed by atoms with E-state index in [1.165, 1.54) is 0 Å². The molecule has 5 nitrogen and oxygen atoms in total. The molecule has 19 heavy (non-hydrogen) atoms. The minimum Gasteiger partial charge on any atom is -0.367 e. The molecule has 0 aliphatic carbocycles. The Morgan fingerprint density at radius 3 is 3.11 bits per heavy atom. The third-order valence-electron chi connectivity index (χ3n) is 2.86. The summed E-state index contributed by atoms with van der Waals surface area (Å²) in [5, 5.41) is 6.46. The van der Waals surface area contributed by atoms with E-state index in [9.17, 15) is 0 Å². The molecule has 1 aliphatic heterocycles. The number of halogens is 1. The number of nitrogens with zero attached hydrogens (tertiary/aromatic N) is 2. The van der Waals surface area contributed by atoms with Gasteiger partial charge in [0.15, 0.2) is 5.79 Å². The number of rotatable bonds is 3. The molecule has 0 saturated carbocycles. The number of thiophene rings is 1. The molecule has 2 aromatic heterocycles. The van der Waals surface area contributed by atoms with Crippen LogP contribution in [-0.4, -0.2) is 35.0 Å². The highest BCUT2D eigenvalue weighted by molar-refractivity contribution is 7.16. The predicted molar refractivity (Wildman–Crippen MR) is 75.8 cm³/mol. The van der Waals surface area contributed by atoms with Crippen molar-refractivity contribution in [1.29, 1.82) is 0 Å². The van der Waals surface area contributed by atoms with Crippen LogP contribution < -0.4 is 5.32 Å². The van der Waals surface area contributed by atoms with Gasteiger partial charge in [-0.2, -0.15) is 0 Å². The highest BCUT2D eigenvalue weighted by atomic mass is 35.5. The van der Waals surface area contributed by atoms with Gasteiger partial charge in [0.25, 0.3) is 0 Å². The highest BCUT2D eigenvalue weighted by Crippen LogP contribution is 2.27. The van der Waals surface area contributed by atoms with E-state index in [0.717, 1.165) is 16.0 Å². The summed E-state index contributed by atoms with van der Waals surface area (Å²) in [7, 11) is 0. The molecule has 2 aromatic rings. The third-order valence-corrected chi connectivity index (χ3v) is 3.84. The lowest BCUT2D eigenvalue weighted by molar-refractivity contribution is -0.136. The van der Waals surface area contributed by atoms with Crippen molar-refractivity contribution in [2.24, 2.45) is 0 Å². The molecule has 3 heterocycles. The first kappa shape index (κ1) is 13.1. The minimum absolute atomic E-state index is 0.0115. The molecule has 0 bridgehead atoms. The quantitative estimate of drug-likeness (QED) is 0.883. The van der Waals surface area contributed by atoms with Crippen molar-refractivity contribution in [3.63, 3.8) is 0 Å². The van der Waals surface area contributed by atoms with Gasteiger partial charge in [-0.3, -0.25) is 0 Å². The summed E-state index contributed by atoms with van der Waals surface area (Å²) >= 11 is 7.45. The average Bonchev–Trinajstić information content (AvgIpc) is 2.92. The van der Waals surface area contributed by atoms with E-state index in [2.05, 4.69) is 15.3 Å². The van der Waals surface area contributed by atoms with Crippen molar-refractivity contribution in [2.75, 3.05) is 18.5 Å². The average molecular weight is 300 g/mol. The maximum Gasteiger partial charge on any atom is 0.225 e. The number of nitrogens with one attached hydrogen (secondary N) is 1. The second kappa shape index (κ2) is 4.86. The normalized spacial score (nSPS) is 21.9. The molecule has 1 aliphatic rings. The van der Waals surface area contributed by atoms with Crippen molar-refractivity contribution >= 4 is 39.0 Å². The van der Waals surface area contributed by atoms with E-state index in [4.69, 9.17) is 21.1 Å². The molecule has 1 unspecified atom stereocenters. The van der Waals surface area contributed by atoms with Crippen molar-refractivity contribution in [3.8, 4) is 0 Å². The predicted octanol–water partition coefficient (Wildman–Crippen LogP) is 2.91. The molecule has 1 fully saturated rings. The van der Waals surface area contributed by atoms with Crippen LogP contribution in [0, 0.1) is 0 Å². The molecule has 102 valence electrons. The zero-order chi connectivity index (χ0) is 13.5. The van der Waals surface area contributed by atoms with Gasteiger partial charge in [-0.1, -0.05) is 0 Å². The van der Waals surface area contributed by atoms with Gasteiger partial charge < -0.3 is 14.8 Å². The Morgan fingerprint density at radius 1 is 1.53 bits per heavy atom. The first-order chi connectivity index (χ1) is 9.03. The Morgan fingerprint density at radius 2 is 2.37 bits per heavy atom.